The van der Waals surface area contributed by atoms with Gasteiger partial charge in [0.05, 0.1) is 11.5 Å². The Labute approximate surface area is 221 Å². The van der Waals surface area contributed by atoms with Crippen molar-refractivity contribution in [3.8, 4) is 11.5 Å². The van der Waals surface area contributed by atoms with Crippen molar-refractivity contribution in [1.82, 2.24) is 0 Å². The predicted molar refractivity (Wildman–Crippen MR) is 150 cm³/mol. The Bertz CT molecular complexity index is 1580. The van der Waals surface area contributed by atoms with Crippen LogP contribution in [0.25, 0.3) is 0 Å². The molecule has 0 radical (unpaired) electrons. The molecule has 0 saturated carbocycles. The molecule has 6 N–H and O–H groups in total. The zero-order valence-electron chi connectivity index (χ0n) is 20.2. The van der Waals surface area contributed by atoms with Gasteiger partial charge in [-0.15, -0.1) is 0 Å². The van der Waals surface area contributed by atoms with Crippen molar-refractivity contribution < 1.29 is 21.6 Å². The topological polar surface area (TPSA) is 154 Å². The van der Waals surface area contributed by atoms with Crippen molar-refractivity contribution in [3.63, 3.8) is 0 Å². The smallest absolute Gasteiger partial charge is 0.236 e. The van der Waals surface area contributed by atoms with Crippen LogP contribution < -0.4 is 25.6 Å². The average Bonchev–Trinajstić information content (AvgIpc) is 2.85. The first-order valence-corrected chi connectivity index (χ1v) is 15.0. The third kappa shape index (κ3) is 6.18. The fourth-order valence-electron chi connectivity index (χ4n) is 4.22. The number of nitrogens with one attached hydrogen (secondary N) is 2. The molecule has 11 heteroatoms. The van der Waals surface area contributed by atoms with E-state index in [1.54, 1.807) is 84.9 Å². The second kappa shape index (κ2) is 9.92. The number of benzene rings is 4. The van der Waals surface area contributed by atoms with E-state index in [1.165, 1.54) is 0 Å². The number of nitrogens with two attached hydrogens (primary N) is 2. The van der Waals surface area contributed by atoms with E-state index in [0.717, 1.165) is 11.1 Å². The summed E-state index contributed by atoms with van der Waals surface area (Å²) in [4.78, 5) is 0. The number of fused-ring (bicyclic) bond motifs is 2. The summed E-state index contributed by atoms with van der Waals surface area (Å²) >= 11 is 0. The van der Waals surface area contributed by atoms with E-state index < -0.39 is 20.0 Å². The zero-order valence-corrected chi connectivity index (χ0v) is 21.8. The van der Waals surface area contributed by atoms with E-state index >= 15 is 0 Å². The minimum Gasteiger partial charge on any atom is -0.457 e. The largest absolute Gasteiger partial charge is 0.457 e. The molecule has 9 nitrogen and oxygen atoms in total. The molecular formula is C27H26N4O5S2. The Hall–Kier alpha value is -4.22. The van der Waals surface area contributed by atoms with Crippen LogP contribution in [-0.4, -0.2) is 16.8 Å². The van der Waals surface area contributed by atoms with E-state index in [2.05, 4.69) is 9.44 Å². The van der Waals surface area contributed by atoms with Crippen molar-refractivity contribution >= 4 is 42.8 Å². The summed E-state index contributed by atoms with van der Waals surface area (Å²) in [5.74, 6) is 0.838. The van der Waals surface area contributed by atoms with Gasteiger partial charge >= 0.3 is 0 Å². The quantitative estimate of drug-likeness (QED) is 0.208. The fourth-order valence-corrected chi connectivity index (χ4v) is 6.59. The number of ether oxygens (including phenoxy) is 1. The Morgan fingerprint density at radius 2 is 1.00 bits per heavy atom. The van der Waals surface area contributed by atoms with Crippen molar-refractivity contribution in [2.24, 2.45) is 0 Å². The lowest BCUT2D eigenvalue weighted by Crippen LogP contribution is -2.16. The van der Waals surface area contributed by atoms with Crippen molar-refractivity contribution in [2.45, 2.75) is 17.9 Å². The number of sulfonamides is 2. The monoisotopic (exact) mass is 550 g/mol. The van der Waals surface area contributed by atoms with Gasteiger partial charge in [0.1, 0.15) is 11.5 Å². The van der Waals surface area contributed by atoms with Crippen molar-refractivity contribution in [1.29, 1.82) is 0 Å². The SMILES string of the molecule is Nc1ccc(NS(=O)(=O)Cc2ccc3c(c2)Cc2cc(CS(=O)(=O)Nc4ccc(N)cc4)ccc2O3)cc1. The lowest BCUT2D eigenvalue weighted by molar-refractivity contribution is 0.459. The second-order valence-corrected chi connectivity index (χ2v) is 12.6. The average molecular weight is 551 g/mol. The molecule has 0 unspecified atom stereocenters. The summed E-state index contributed by atoms with van der Waals surface area (Å²) in [5.41, 5.74) is 16.1. The van der Waals surface area contributed by atoms with Crippen molar-refractivity contribution in [3.05, 3.63) is 107 Å². The minimum absolute atomic E-state index is 0.216. The molecule has 0 aromatic heterocycles. The van der Waals surface area contributed by atoms with E-state index in [9.17, 15) is 16.8 Å². The Morgan fingerprint density at radius 1 is 0.605 bits per heavy atom. The normalized spacial score (nSPS) is 12.6. The first kappa shape index (κ1) is 25.4. The van der Waals surface area contributed by atoms with Gasteiger partial charge in [0.15, 0.2) is 0 Å². The summed E-state index contributed by atoms with van der Waals surface area (Å²) in [5, 5.41) is 0. The van der Waals surface area contributed by atoms with Gasteiger partial charge in [-0.05, 0) is 82.9 Å². The molecule has 0 aliphatic carbocycles. The molecule has 0 atom stereocenters. The highest BCUT2D eigenvalue weighted by Crippen LogP contribution is 2.38. The highest BCUT2D eigenvalue weighted by atomic mass is 32.2. The lowest BCUT2D eigenvalue weighted by Gasteiger charge is -2.22. The number of rotatable bonds is 8. The van der Waals surface area contributed by atoms with Crippen LogP contribution in [0.1, 0.15) is 22.3 Å². The number of anilines is 4. The molecule has 1 aliphatic rings. The maximum atomic E-state index is 12.7. The summed E-state index contributed by atoms with van der Waals surface area (Å²) in [6, 6.07) is 23.5. The van der Waals surface area contributed by atoms with Gasteiger partial charge in [-0.25, -0.2) is 16.8 Å². The standard InChI is InChI=1S/C27H26N4O5S2/c28-22-3-7-24(8-4-22)30-37(32,33)16-18-1-11-26-20(13-18)15-21-14-19(2-12-27(21)36-26)17-38(34,35)31-25-9-5-23(29)6-10-25/h1-14,30-31H,15-17,28-29H2. The number of nitrogen functional groups attached to an aromatic ring is 2. The van der Waals surface area contributed by atoms with E-state index in [1.807, 2.05) is 0 Å². The highest BCUT2D eigenvalue weighted by Gasteiger charge is 2.21. The highest BCUT2D eigenvalue weighted by molar-refractivity contribution is 7.92. The van der Waals surface area contributed by atoms with Gasteiger partial charge in [0, 0.05) is 29.2 Å². The third-order valence-electron chi connectivity index (χ3n) is 5.93. The molecule has 196 valence electrons. The molecule has 0 bridgehead atoms. The van der Waals surface area contributed by atoms with Crippen LogP contribution in [-0.2, 0) is 38.0 Å². The molecule has 0 spiro atoms. The molecule has 0 fully saturated rings. The molecule has 4 aromatic rings. The first-order valence-electron chi connectivity index (χ1n) is 11.7. The van der Waals surface area contributed by atoms with Gasteiger partial charge in [-0.3, -0.25) is 9.44 Å². The third-order valence-corrected chi connectivity index (χ3v) is 8.45. The van der Waals surface area contributed by atoms with Gasteiger partial charge in [0.2, 0.25) is 20.0 Å². The predicted octanol–water partition coefficient (Wildman–Crippen LogP) is 4.43. The first-order chi connectivity index (χ1) is 18.0. The Balaban J connectivity index is 1.29. The number of hydrogen-bond acceptors (Lipinski definition) is 7. The summed E-state index contributed by atoms with van der Waals surface area (Å²) in [6.07, 6.45) is 0.475. The maximum Gasteiger partial charge on any atom is 0.236 e. The van der Waals surface area contributed by atoms with Crippen LogP contribution in [0.15, 0.2) is 84.9 Å². The van der Waals surface area contributed by atoms with Crippen LogP contribution in [0.3, 0.4) is 0 Å². The molecular weight excluding hydrogens is 524 g/mol. The van der Waals surface area contributed by atoms with E-state index in [-0.39, 0.29) is 11.5 Å². The van der Waals surface area contributed by atoms with E-state index in [4.69, 9.17) is 16.2 Å². The van der Waals surface area contributed by atoms with Gasteiger partial charge in [-0.2, -0.15) is 0 Å². The lowest BCUT2D eigenvalue weighted by atomic mass is 9.97. The Morgan fingerprint density at radius 3 is 1.39 bits per heavy atom. The molecule has 4 aromatic carbocycles. The Kier molecular flexibility index (Phi) is 6.64. The molecule has 0 saturated heterocycles. The van der Waals surface area contributed by atoms with E-state index in [0.29, 0.717) is 51.8 Å². The fraction of sp³-hybridized carbons (Fsp3) is 0.111. The molecule has 5 rings (SSSR count). The summed E-state index contributed by atoms with van der Waals surface area (Å²) < 4.78 is 61.9. The van der Waals surface area contributed by atoms with Gasteiger partial charge in [0.25, 0.3) is 0 Å². The van der Waals surface area contributed by atoms with Crippen LogP contribution in [0, 0.1) is 0 Å². The van der Waals surface area contributed by atoms with Crippen LogP contribution in [0.5, 0.6) is 11.5 Å². The molecule has 1 heterocycles. The van der Waals surface area contributed by atoms with Crippen LogP contribution in [0.2, 0.25) is 0 Å². The molecule has 0 amide bonds. The van der Waals surface area contributed by atoms with Crippen molar-refractivity contribution in [2.75, 3.05) is 20.9 Å². The van der Waals surface area contributed by atoms with Gasteiger partial charge in [-0.1, -0.05) is 24.3 Å². The maximum absolute atomic E-state index is 12.7. The molecule has 1 aliphatic heterocycles. The van der Waals surface area contributed by atoms with Gasteiger partial charge < -0.3 is 16.2 Å². The van der Waals surface area contributed by atoms with Crippen LogP contribution in [0.4, 0.5) is 22.7 Å². The molecule has 38 heavy (non-hydrogen) atoms. The summed E-state index contributed by atoms with van der Waals surface area (Å²) in [6.45, 7) is 0. The minimum atomic E-state index is -3.66. The zero-order chi connectivity index (χ0) is 26.9. The summed E-state index contributed by atoms with van der Waals surface area (Å²) in [7, 11) is -7.31. The second-order valence-electron chi connectivity index (χ2n) is 9.13. The number of hydrogen-bond donors (Lipinski definition) is 4. The van der Waals surface area contributed by atoms with Crippen LogP contribution >= 0.6 is 0 Å².